The van der Waals surface area contributed by atoms with Gasteiger partial charge in [-0.15, -0.1) is 0 Å². The molecule has 58 valence electrons. The van der Waals surface area contributed by atoms with Gasteiger partial charge in [-0.25, -0.2) is 0 Å². The zero-order valence-electron chi connectivity index (χ0n) is 6.34. The molecule has 0 saturated carbocycles. The molecule has 0 saturated heterocycles. The summed E-state index contributed by atoms with van der Waals surface area (Å²) in [5, 5.41) is 9.27. The first-order valence-corrected chi connectivity index (χ1v) is 4.05. The minimum atomic E-state index is -0.382. The number of hydrogen-bond donors (Lipinski definition) is 1. The third-order valence-electron chi connectivity index (χ3n) is 1.21. The molecule has 0 radical (unpaired) electrons. The Bertz CT molecular complexity index is 138. The highest BCUT2D eigenvalue weighted by molar-refractivity contribution is 9.11. The van der Waals surface area contributed by atoms with E-state index >= 15 is 0 Å². The Balaban J connectivity index is 3.98. The first-order chi connectivity index (χ1) is 4.57. The van der Waals surface area contributed by atoms with Gasteiger partial charge in [-0.1, -0.05) is 42.4 Å². The van der Waals surface area contributed by atoms with Gasteiger partial charge in [0.1, 0.15) is 0 Å². The van der Waals surface area contributed by atoms with E-state index in [9.17, 15) is 5.11 Å². The molecule has 0 amide bonds. The van der Waals surface area contributed by atoms with E-state index in [0.29, 0.717) is 0 Å². The highest BCUT2D eigenvalue weighted by atomic mass is 79.9. The summed E-state index contributed by atoms with van der Waals surface area (Å²) >= 11 is 3.23. The van der Waals surface area contributed by atoms with Crippen molar-refractivity contribution in [2.24, 2.45) is 5.92 Å². The zero-order chi connectivity index (χ0) is 8.15. The molecular formula is C8H13BrO. The quantitative estimate of drug-likeness (QED) is 0.701. The van der Waals surface area contributed by atoms with Crippen LogP contribution >= 0.6 is 15.9 Å². The number of aliphatic hydroxyl groups excluding tert-OH is 1. The Kier molecular flexibility index (Phi) is 4.65. The van der Waals surface area contributed by atoms with E-state index in [2.05, 4.69) is 22.5 Å². The Hall–Kier alpha value is -0.0800. The van der Waals surface area contributed by atoms with Crippen LogP contribution in [0.5, 0.6) is 0 Å². The van der Waals surface area contributed by atoms with Crippen molar-refractivity contribution in [1.82, 2.24) is 0 Å². The number of allylic oxidation sites excluding steroid dienone is 2. The molecule has 10 heavy (non-hydrogen) atoms. The van der Waals surface area contributed by atoms with Gasteiger partial charge in [0.05, 0.1) is 6.10 Å². The summed E-state index contributed by atoms with van der Waals surface area (Å²) < 4.78 is 0.841. The second kappa shape index (κ2) is 4.69. The molecule has 0 heterocycles. The molecule has 1 unspecified atom stereocenters. The fourth-order valence-corrected chi connectivity index (χ4v) is 0.694. The van der Waals surface area contributed by atoms with Gasteiger partial charge in [0.15, 0.2) is 0 Å². The van der Waals surface area contributed by atoms with Crippen molar-refractivity contribution in [3.8, 4) is 0 Å². The Morgan fingerprint density at radius 1 is 1.60 bits per heavy atom. The van der Waals surface area contributed by atoms with Crippen LogP contribution in [-0.2, 0) is 0 Å². The summed E-state index contributed by atoms with van der Waals surface area (Å²) in [6.45, 7) is 7.47. The third kappa shape index (κ3) is 3.85. The third-order valence-corrected chi connectivity index (χ3v) is 1.80. The predicted octanol–water partition coefficient (Wildman–Crippen LogP) is 2.47. The summed E-state index contributed by atoms with van der Waals surface area (Å²) in [6, 6.07) is 0. The zero-order valence-corrected chi connectivity index (χ0v) is 7.93. The summed E-state index contributed by atoms with van der Waals surface area (Å²) in [7, 11) is 0. The lowest BCUT2D eigenvalue weighted by Gasteiger charge is -2.08. The van der Waals surface area contributed by atoms with Gasteiger partial charge in [0.25, 0.3) is 0 Å². The standard InChI is InChI=1S/C8H13BrO/c1-4-7(9)5-8(10)6(2)3/h4-6,8,10H,1H2,2-3H3/b7-5+. The molecule has 0 aliphatic carbocycles. The fourth-order valence-electron chi connectivity index (χ4n) is 0.424. The first kappa shape index (κ1) is 9.92. The lowest BCUT2D eigenvalue weighted by molar-refractivity contribution is 0.172. The van der Waals surface area contributed by atoms with E-state index in [1.807, 2.05) is 13.8 Å². The average Bonchev–Trinajstić information content (AvgIpc) is 1.87. The van der Waals surface area contributed by atoms with Crippen molar-refractivity contribution in [1.29, 1.82) is 0 Å². The average molecular weight is 205 g/mol. The van der Waals surface area contributed by atoms with Crippen LogP contribution in [0.3, 0.4) is 0 Å². The van der Waals surface area contributed by atoms with Crippen molar-refractivity contribution in [3.05, 3.63) is 23.2 Å². The Morgan fingerprint density at radius 3 is 2.40 bits per heavy atom. The highest BCUT2D eigenvalue weighted by Crippen LogP contribution is 2.11. The maximum absolute atomic E-state index is 9.27. The van der Waals surface area contributed by atoms with Crippen LogP contribution in [0.15, 0.2) is 23.2 Å². The van der Waals surface area contributed by atoms with Crippen molar-refractivity contribution in [2.45, 2.75) is 20.0 Å². The molecule has 0 aromatic heterocycles. The van der Waals surface area contributed by atoms with Gasteiger partial charge in [0, 0.05) is 4.48 Å². The summed E-state index contributed by atoms with van der Waals surface area (Å²) in [5.74, 6) is 0.257. The van der Waals surface area contributed by atoms with E-state index in [1.165, 1.54) is 0 Å². The molecule has 0 fully saturated rings. The van der Waals surface area contributed by atoms with Gasteiger partial charge in [-0.2, -0.15) is 0 Å². The molecule has 0 aliphatic heterocycles. The van der Waals surface area contributed by atoms with Crippen molar-refractivity contribution < 1.29 is 5.11 Å². The normalized spacial score (nSPS) is 15.5. The molecule has 1 nitrogen and oxygen atoms in total. The molecule has 0 spiro atoms. The van der Waals surface area contributed by atoms with Crippen LogP contribution < -0.4 is 0 Å². The number of hydrogen-bond acceptors (Lipinski definition) is 1. The highest BCUT2D eigenvalue weighted by Gasteiger charge is 2.04. The van der Waals surface area contributed by atoms with Gasteiger partial charge in [-0.05, 0) is 12.0 Å². The van der Waals surface area contributed by atoms with E-state index in [1.54, 1.807) is 12.2 Å². The van der Waals surface area contributed by atoms with E-state index in [-0.39, 0.29) is 12.0 Å². The second-order valence-electron chi connectivity index (χ2n) is 2.49. The van der Waals surface area contributed by atoms with Crippen LogP contribution in [0, 0.1) is 5.92 Å². The molecule has 0 aromatic carbocycles. The van der Waals surface area contributed by atoms with Gasteiger partial charge in [0.2, 0.25) is 0 Å². The van der Waals surface area contributed by atoms with Gasteiger partial charge in [-0.3, -0.25) is 0 Å². The molecule has 1 N–H and O–H groups in total. The predicted molar refractivity (Wildman–Crippen MR) is 48.1 cm³/mol. The maximum atomic E-state index is 9.27. The molecule has 0 bridgehead atoms. The number of aliphatic hydroxyl groups is 1. The monoisotopic (exact) mass is 204 g/mol. The van der Waals surface area contributed by atoms with Crippen LogP contribution in [0.2, 0.25) is 0 Å². The lowest BCUT2D eigenvalue weighted by atomic mass is 10.1. The molecule has 0 aromatic rings. The van der Waals surface area contributed by atoms with Crippen LogP contribution in [0.4, 0.5) is 0 Å². The molecule has 1 atom stereocenters. The summed E-state index contributed by atoms with van der Waals surface area (Å²) in [5.41, 5.74) is 0. The fraction of sp³-hybridized carbons (Fsp3) is 0.500. The van der Waals surface area contributed by atoms with E-state index in [0.717, 1.165) is 4.48 Å². The van der Waals surface area contributed by atoms with E-state index in [4.69, 9.17) is 0 Å². The van der Waals surface area contributed by atoms with Crippen molar-refractivity contribution in [2.75, 3.05) is 0 Å². The topological polar surface area (TPSA) is 20.2 Å². The summed E-state index contributed by atoms with van der Waals surface area (Å²) in [6.07, 6.45) is 3.01. The number of rotatable bonds is 3. The Labute approximate surface area is 70.6 Å². The lowest BCUT2D eigenvalue weighted by Crippen LogP contribution is -2.10. The second-order valence-corrected chi connectivity index (χ2v) is 3.41. The van der Waals surface area contributed by atoms with Crippen LogP contribution in [0.1, 0.15) is 13.8 Å². The largest absolute Gasteiger partial charge is 0.389 e. The SMILES string of the molecule is C=C/C(Br)=C\C(O)C(C)C. The Morgan fingerprint density at radius 2 is 2.10 bits per heavy atom. The van der Waals surface area contributed by atoms with Crippen LogP contribution in [-0.4, -0.2) is 11.2 Å². The summed E-state index contributed by atoms with van der Waals surface area (Å²) in [4.78, 5) is 0. The molecule has 2 heteroatoms. The maximum Gasteiger partial charge on any atom is 0.0757 e. The van der Waals surface area contributed by atoms with Gasteiger partial charge >= 0.3 is 0 Å². The molecule has 0 rings (SSSR count). The smallest absolute Gasteiger partial charge is 0.0757 e. The van der Waals surface area contributed by atoms with E-state index < -0.39 is 0 Å². The minimum absolute atomic E-state index is 0.257. The minimum Gasteiger partial charge on any atom is -0.389 e. The van der Waals surface area contributed by atoms with Gasteiger partial charge < -0.3 is 5.11 Å². The molecular weight excluding hydrogens is 192 g/mol. The van der Waals surface area contributed by atoms with Crippen molar-refractivity contribution >= 4 is 15.9 Å². The van der Waals surface area contributed by atoms with Crippen molar-refractivity contribution in [3.63, 3.8) is 0 Å². The first-order valence-electron chi connectivity index (χ1n) is 3.25. The van der Waals surface area contributed by atoms with Crippen LogP contribution in [0.25, 0.3) is 0 Å². The molecule has 0 aliphatic rings. The number of halogens is 1.